The number of aliphatic hydroxyl groups excluding tert-OH is 1. The lowest BCUT2D eigenvalue weighted by atomic mass is 9.84. The summed E-state index contributed by atoms with van der Waals surface area (Å²) in [5.41, 5.74) is 3.98. The minimum absolute atomic E-state index is 0.000569. The van der Waals surface area contributed by atoms with E-state index in [2.05, 4.69) is 0 Å². The quantitative estimate of drug-likeness (QED) is 0.243. The molecule has 0 spiro atoms. The summed E-state index contributed by atoms with van der Waals surface area (Å²) >= 11 is 0. The molecule has 0 aliphatic carbocycles. The van der Waals surface area contributed by atoms with Crippen molar-refractivity contribution in [3.05, 3.63) is 94.1 Å². The number of Topliss-reactive ketones (excluding diaryl/α,β-unsaturated/α-hetero) is 1. The van der Waals surface area contributed by atoms with E-state index in [-0.39, 0.29) is 22.5 Å². The summed E-state index contributed by atoms with van der Waals surface area (Å²) in [6.07, 6.45) is 0. The average Bonchev–Trinajstić information content (AvgIpc) is 3.10. The number of nitrogens with zero attached hydrogens (tertiary/aromatic N) is 1. The fourth-order valence-corrected chi connectivity index (χ4v) is 4.73. The first kappa shape index (κ1) is 26.0. The second-order valence-electron chi connectivity index (χ2n) is 10.4. The summed E-state index contributed by atoms with van der Waals surface area (Å²) in [6.45, 7) is 12.3. The van der Waals surface area contributed by atoms with Gasteiger partial charge in [-0.25, -0.2) is 0 Å². The molecule has 1 aliphatic rings. The maximum Gasteiger partial charge on any atom is 0.300 e. The first-order valence-corrected chi connectivity index (χ1v) is 12.4. The van der Waals surface area contributed by atoms with E-state index >= 15 is 0 Å². The Morgan fingerprint density at radius 3 is 2.27 bits per heavy atom. The van der Waals surface area contributed by atoms with Gasteiger partial charge >= 0.3 is 0 Å². The molecule has 0 saturated carbocycles. The highest BCUT2D eigenvalue weighted by molar-refractivity contribution is 6.51. The number of aryl methyl sites for hydroxylation is 2. The summed E-state index contributed by atoms with van der Waals surface area (Å²) in [5.74, 6) is -0.956. The van der Waals surface area contributed by atoms with Gasteiger partial charge in [-0.1, -0.05) is 45.0 Å². The van der Waals surface area contributed by atoms with Gasteiger partial charge in [0.1, 0.15) is 17.3 Å². The zero-order chi connectivity index (χ0) is 27.1. The Labute approximate surface area is 217 Å². The number of carbonyl (C=O) groups excluding carboxylic acids is 2. The summed E-state index contributed by atoms with van der Waals surface area (Å²) in [7, 11) is 0. The van der Waals surface area contributed by atoms with Crippen LogP contribution >= 0.6 is 0 Å². The lowest BCUT2D eigenvalue weighted by Gasteiger charge is -2.27. The Kier molecular flexibility index (Phi) is 6.87. The monoisotopic (exact) mass is 499 g/mol. The van der Waals surface area contributed by atoms with Crippen LogP contribution in [0.1, 0.15) is 61.6 Å². The molecule has 0 radical (unpaired) electrons. The first-order chi connectivity index (χ1) is 17.4. The molecule has 1 aliphatic heterocycles. The van der Waals surface area contributed by atoms with Crippen molar-refractivity contribution in [3.63, 3.8) is 0 Å². The number of carbonyl (C=O) groups is 2. The molecule has 0 aromatic heterocycles. The second-order valence-corrected chi connectivity index (χ2v) is 10.4. The molecule has 37 heavy (non-hydrogen) atoms. The van der Waals surface area contributed by atoms with Crippen LogP contribution in [0.2, 0.25) is 0 Å². The molecule has 1 unspecified atom stereocenters. The van der Waals surface area contributed by atoms with Crippen molar-refractivity contribution in [2.75, 3.05) is 11.5 Å². The molecule has 192 valence electrons. The van der Waals surface area contributed by atoms with E-state index < -0.39 is 17.7 Å². The highest BCUT2D eigenvalue weighted by Crippen LogP contribution is 2.44. The summed E-state index contributed by atoms with van der Waals surface area (Å²) in [4.78, 5) is 28.5. The van der Waals surface area contributed by atoms with Crippen LogP contribution in [0.15, 0.2) is 66.2 Å². The fraction of sp³-hybridized carbons (Fsp3) is 0.290. The molecule has 1 atom stereocenters. The number of phenols is 1. The maximum atomic E-state index is 13.5. The third kappa shape index (κ3) is 4.84. The summed E-state index contributed by atoms with van der Waals surface area (Å²) in [6, 6.07) is 16.5. The number of ether oxygens (including phenoxy) is 1. The molecule has 4 rings (SSSR count). The topological polar surface area (TPSA) is 87.1 Å². The lowest BCUT2D eigenvalue weighted by Crippen LogP contribution is -2.30. The molecule has 3 aromatic carbocycles. The van der Waals surface area contributed by atoms with Gasteiger partial charge in [-0.05, 0) is 79.3 Å². The highest BCUT2D eigenvalue weighted by atomic mass is 16.5. The van der Waals surface area contributed by atoms with Crippen molar-refractivity contribution in [1.29, 1.82) is 0 Å². The van der Waals surface area contributed by atoms with Gasteiger partial charge in [-0.3, -0.25) is 14.5 Å². The predicted octanol–water partition coefficient (Wildman–Crippen LogP) is 6.33. The number of aromatic hydroxyl groups is 1. The van der Waals surface area contributed by atoms with Gasteiger partial charge in [0.15, 0.2) is 0 Å². The number of anilines is 1. The minimum Gasteiger partial charge on any atom is -0.508 e. The molecule has 1 heterocycles. The zero-order valence-electron chi connectivity index (χ0n) is 22.1. The third-order valence-electron chi connectivity index (χ3n) is 6.64. The third-order valence-corrected chi connectivity index (χ3v) is 6.64. The number of aliphatic hydroxyl groups is 1. The second kappa shape index (κ2) is 9.77. The fourth-order valence-electron chi connectivity index (χ4n) is 4.73. The number of phenolic OH excluding ortho intramolecular Hbond substituents is 1. The average molecular weight is 500 g/mol. The van der Waals surface area contributed by atoms with E-state index in [1.54, 1.807) is 24.3 Å². The number of benzene rings is 3. The van der Waals surface area contributed by atoms with Crippen molar-refractivity contribution in [3.8, 4) is 11.5 Å². The number of rotatable bonds is 5. The van der Waals surface area contributed by atoms with Crippen molar-refractivity contribution < 1.29 is 24.5 Å². The smallest absolute Gasteiger partial charge is 0.300 e. The summed E-state index contributed by atoms with van der Waals surface area (Å²) in [5, 5.41) is 21.5. The van der Waals surface area contributed by atoms with Crippen molar-refractivity contribution in [2.45, 2.75) is 53.0 Å². The van der Waals surface area contributed by atoms with Gasteiger partial charge in [0, 0.05) is 16.8 Å². The van der Waals surface area contributed by atoms with Crippen molar-refractivity contribution >= 4 is 23.1 Å². The first-order valence-electron chi connectivity index (χ1n) is 12.4. The highest BCUT2D eigenvalue weighted by Gasteiger charge is 2.47. The molecular formula is C31H33NO5. The molecule has 1 amide bonds. The Morgan fingerprint density at radius 2 is 1.65 bits per heavy atom. The Hall–Kier alpha value is -4.06. The van der Waals surface area contributed by atoms with E-state index in [4.69, 9.17) is 4.74 Å². The number of hydrogen-bond acceptors (Lipinski definition) is 5. The van der Waals surface area contributed by atoms with Crippen LogP contribution in [-0.2, 0) is 15.0 Å². The molecule has 3 aromatic rings. The van der Waals surface area contributed by atoms with Gasteiger partial charge in [0.05, 0.1) is 18.2 Å². The van der Waals surface area contributed by atoms with Crippen LogP contribution in [0.25, 0.3) is 5.76 Å². The Balaban J connectivity index is 1.97. The van der Waals surface area contributed by atoms with E-state index in [1.165, 1.54) is 17.0 Å². The molecule has 2 N–H and O–H groups in total. The number of amides is 1. The van der Waals surface area contributed by atoms with Crippen LogP contribution in [0.5, 0.6) is 11.5 Å². The standard InChI is InChI=1S/C31H33NO5/c1-7-37-25-15-12-21(17-23(25)31(4,5)6)28(34)26-27(20-10-13-22(33)14-11-20)32(30(36)29(26)35)24-16-18(2)8-9-19(24)3/h8-17,27,33-34H,7H2,1-6H3/b28-26-. The van der Waals surface area contributed by atoms with Gasteiger partial charge in [0.2, 0.25) is 0 Å². The molecule has 6 nitrogen and oxygen atoms in total. The number of ketones is 1. The number of hydrogen-bond donors (Lipinski definition) is 2. The molecule has 6 heteroatoms. The van der Waals surface area contributed by atoms with Crippen LogP contribution in [0.4, 0.5) is 5.69 Å². The summed E-state index contributed by atoms with van der Waals surface area (Å²) < 4.78 is 5.81. The lowest BCUT2D eigenvalue weighted by molar-refractivity contribution is -0.132. The molecule has 1 saturated heterocycles. The van der Waals surface area contributed by atoms with Crippen molar-refractivity contribution in [1.82, 2.24) is 0 Å². The van der Waals surface area contributed by atoms with Crippen LogP contribution < -0.4 is 9.64 Å². The zero-order valence-corrected chi connectivity index (χ0v) is 22.1. The SMILES string of the molecule is CCOc1ccc(/C(O)=C2/C(=O)C(=O)N(c3cc(C)ccc3C)C2c2ccc(O)cc2)cc1C(C)(C)C. The van der Waals surface area contributed by atoms with E-state index in [0.29, 0.717) is 29.2 Å². The largest absolute Gasteiger partial charge is 0.508 e. The van der Waals surface area contributed by atoms with Crippen LogP contribution in [0, 0.1) is 13.8 Å². The Morgan fingerprint density at radius 1 is 0.973 bits per heavy atom. The predicted molar refractivity (Wildman–Crippen MR) is 145 cm³/mol. The normalized spacial score (nSPS) is 17.4. The van der Waals surface area contributed by atoms with E-state index in [0.717, 1.165) is 16.7 Å². The van der Waals surface area contributed by atoms with Crippen LogP contribution in [0.3, 0.4) is 0 Å². The van der Waals surface area contributed by atoms with E-state index in [9.17, 15) is 19.8 Å². The van der Waals surface area contributed by atoms with Crippen molar-refractivity contribution in [2.24, 2.45) is 0 Å². The van der Waals surface area contributed by atoms with Gasteiger partial charge in [-0.2, -0.15) is 0 Å². The van der Waals surface area contributed by atoms with E-state index in [1.807, 2.05) is 65.8 Å². The molecule has 1 fully saturated rings. The minimum atomic E-state index is -0.870. The van der Waals surface area contributed by atoms with Crippen LogP contribution in [-0.4, -0.2) is 28.5 Å². The Bertz CT molecular complexity index is 1400. The van der Waals surface area contributed by atoms with Gasteiger partial charge in [0.25, 0.3) is 11.7 Å². The van der Waals surface area contributed by atoms with Gasteiger partial charge in [-0.15, -0.1) is 0 Å². The molecule has 0 bridgehead atoms. The maximum absolute atomic E-state index is 13.5. The molecular weight excluding hydrogens is 466 g/mol. The van der Waals surface area contributed by atoms with Gasteiger partial charge < -0.3 is 14.9 Å².